The first-order valence-corrected chi connectivity index (χ1v) is 8.07. The molecule has 4 aliphatic rings. The zero-order valence-corrected chi connectivity index (χ0v) is 12.5. The van der Waals surface area contributed by atoms with E-state index < -0.39 is 18.1 Å². The lowest BCUT2D eigenvalue weighted by molar-refractivity contribution is -0.146. The van der Waals surface area contributed by atoms with E-state index in [-0.39, 0.29) is 11.3 Å². The molecule has 1 amide bonds. The molecule has 4 bridgehead atoms. The molecular weight excluding hydrogens is 270 g/mol. The van der Waals surface area contributed by atoms with Crippen molar-refractivity contribution in [3.8, 4) is 0 Å². The molecule has 5 nitrogen and oxygen atoms in total. The van der Waals surface area contributed by atoms with Crippen LogP contribution in [0.5, 0.6) is 0 Å². The predicted molar refractivity (Wildman–Crippen MR) is 76.5 cm³/mol. The van der Waals surface area contributed by atoms with E-state index in [0.717, 1.165) is 37.0 Å². The van der Waals surface area contributed by atoms with Gasteiger partial charge in [-0.1, -0.05) is 0 Å². The molecule has 0 aromatic rings. The average Bonchev–Trinajstić information content (AvgIpc) is 2.32. The summed E-state index contributed by atoms with van der Waals surface area (Å²) < 4.78 is 0. The molecule has 0 aliphatic heterocycles. The van der Waals surface area contributed by atoms with Gasteiger partial charge in [0.25, 0.3) is 0 Å². The molecule has 3 N–H and O–H groups in total. The summed E-state index contributed by atoms with van der Waals surface area (Å²) in [6, 6.07) is -1.20. The van der Waals surface area contributed by atoms with Crippen molar-refractivity contribution >= 4 is 11.9 Å². The highest BCUT2D eigenvalue weighted by molar-refractivity contribution is 5.84. The van der Waals surface area contributed by atoms with Crippen LogP contribution in [0.3, 0.4) is 0 Å². The maximum absolute atomic E-state index is 12.3. The van der Waals surface area contributed by atoms with Crippen LogP contribution in [-0.4, -0.2) is 34.2 Å². The maximum atomic E-state index is 12.3. The van der Waals surface area contributed by atoms with Gasteiger partial charge in [0.1, 0.15) is 0 Å². The van der Waals surface area contributed by atoms with Gasteiger partial charge in [-0.2, -0.15) is 0 Å². The largest absolute Gasteiger partial charge is 0.480 e. The number of carboxylic acids is 1. The molecule has 5 heteroatoms. The van der Waals surface area contributed by atoms with E-state index in [1.165, 1.54) is 26.2 Å². The number of rotatable bonds is 5. The van der Waals surface area contributed by atoms with Crippen molar-refractivity contribution in [2.24, 2.45) is 23.2 Å². The lowest BCUT2D eigenvalue weighted by atomic mass is 9.49. The molecule has 0 aromatic carbocycles. The Bertz CT molecular complexity index is 410. The van der Waals surface area contributed by atoms with E-state index in [1.807, 2.05) is 0 Å². The fraction of sp³-hybridized carbons (Fsp3) is 0.875. The van der Waals surface area contributed by atoms with E-state index in [2.05, 4.69) is 5.32 Å². The summed E-state index contributed by atoms with van der Waals surface area (Å²) in [5, 5.41) is 21.0. The Hall–Kier alpha value is -1.10. The third kappa shape index (κ3) is 2.93. The number of amides is 1. The van der Waals surface area contributed by atoms with Crippen molar-refractivity contribution in [1.29, 1.82) is 0 Å². The molecule has 4 aliphatic carbocycles. The number of carboxylic acid groups (broad SMARTS) is 1. The van der Waals surface area contributed by atoms with Gasteiger partial charge in [0.2, 0.25) is 5.91 Å². The van der Waals surface area contributed by atoms with Gasteiger partial charge in [-0.25, -0.2) is 4.79 Å². The third-order valence-electron chi connectivity index (χ3n) is 5.77. The van der Waals surface area contributed by atoms with Gasteiger partial charge < -0.3 is 15.5 Å². The first-order chi connectivity index (χ1) is 9.87. The first-order valence-electron chi connectivity index (χ1n) is 8.07. The topological polar surface area (TPSA) is 86.6 Å². The van der Waals surface area contributed by atoms with Crippen molar-refractivity contribution in [1.82, 2.24) is 5.32 Å². The monoisotopic (exact) mass is 295 g/mol. The van der Waals surface area contributed by atoms with Gasteiger partial charge in [0, 0.05) is 6.42 Å². The summed E-state index contributed by atoms with van der Waals surface area (Å²) in [7, 11) is 0. The fourth-order valence-electron chi connectivity index (χ4n) is 5.46. The van der Waals surface area contributed by atoms with Crippen LogP contribution in [0, 0.1) is 23.2 Å². The lowest BCUT2D eigenvalue weighted by Gasteiger charge is -2.56. The Balaban J connectivity index is 1.63. The van der Waals surface area contributed by atoms with E-state index in [1.54, 1.807) is 0 Å². The van der Waals surface area contributed by atoms with Crippen molar-refractivity contribution < 1.29 is 19.8 Å². The second-order valence-electron chi connectivity index (χ2n) is 7.72. The van der Waals surface area contributed by atoms with Gasteiger partial charge in [-0.3, -0.25) is 4.79 Å². The molecule has 0 unspecified atom stereocenters. The highest BCUT2D eigenvalue weighted by Gasteiger charge is 2.51. The van der Waals surface area contributed by atoms with Gasteiger partial charge >= 0.3 is 5.97 Å². The second-order valence-corrected chi connectivity index (χ2v) is 7.72. The van der Waals surface area contributed by atoms with Crippen LogP contribution in [0.2, 0.25) is 0 Å². The van der Waals surface area contributed by atoms with Crippen molar-refractivity contribution in [2.45, 2.75) is 64.0 Å². The number of hydrogen-bond acceptors (Lipinski definition) is 3. The summed E-state index contributed by atoms with van der Waals surface area (Å²) in [6.07, 6.45) is 6.69. The first kappa shape index (κ1) is 14.8. The minimum absolute atomic E-state index is 0.0978. The summed E-state index contributed by atoms with van der Waals surface area (Å²) in [5.74, 6) is 0.928. The quantitative estimate of drug-likeness (QED) is 0.718. The highest BCUT2D eigenvalue weighted by Crippen LogP contribution is 2.61. The van der Waals surface area contributed by atoms with Gasteiger partial charge in [0.05, 0.1) is 6.10 Å². The number of aliphatic carboxylic acids is 1. The van der Waals surface area contributed by atoms with Gasteiger partial charge in [0.15, 0.2) is 6.04 Å². The summed E-state index contributed by atoms with van der Waals surface area (Å²) in [6.45, 7) is 1.39. The van der Waals surface area contributed by atoms with Crippen molar-refractivity contribution in [3.05, 3.63) is 0 Å². The Morgan fingerprint density at radius 2 is 1.62 bits per heavy atom. The van der Waals surface area contributed by atoms with Crippen LogP contribution >= 0.6 is 0 Å². The fourth-order valence-corrected chi connectivity index (χ4v) is 5.46. The molecule has 118 valence electrons. The highest BCUT2D eigenvalue weighted by atomic mass is 16.4. The summed E-state index contributed by atoms with van der Waals surface area (Å²) in [5.41, 5.74) is 0.0978. The van der Waals surface area contributed by atoms with Crippen LogP contribution in [0.1, 0.15) is 51.9 Å². The number of aliphatic hydroxyl groups is 1. The molecule has 0 spiro atoms. The average molecular weight is 295 g/mol. The van der Waals surface area contributed by atoms with E-state index >= 15 is 0 Å². The van der Waals surface area contributed by atoms with E-state index in [0.29, 0.717) is 6.42 Å². The smallest absolute Gasteiger partial charge is 0.328 e. The van der Waals surface area contributed by atoms with Crippen LogP contribution in [0.25, 0.3) is 0 Å². The normalized spacial score (nSPS) is 39.8. The molecule has 0 heterocycles. The third-order valence-corrected chi connectivity index (χ3v) is 5.77. The van der Waals surface area contributed by atoms with Gasteiger partial charge in [-0.05, 0) is 68.6 Å². The zero-order chi connectivity index (χ0) is 15.2. The van der Waals surface area contributed by atoms with Crippen LogP contribution in [0.15, 0.2) is 0 Å². The molecule has 0 radical (unpaired) electrons. The summed E-state index contributed by atoms with van der Waals surface area (Å²) in [4.78, 5) is 23.3. The number of carbonyl (C=O) groups excluding carboxylic acids is 1. The zero-order valence-electron chi connectivity index (χ0n) is 12.5. The number of hydrogen-bond donors (Lipinski definition) is 3. The molecule has 0 aromatic heterocycles. The van der Waals surface area contributed by atoms with Gasteiger partial charge in [-0.15, -0.1) is 0 Å². The maximum Gasteiger partial charge on any atom is 0.328 e. The molecule has 4 rings (SSSR count). The Kier molecular flexibility index (Phi) is 3.72. The summed E-state index contributed by atoms with van der Waals surface area (Å²) >= 11 is 0. The minimum Gasteiger partial charge on any atom is -0.480 e. The van der Waals surface area contributed by atoms with E-state index in [9.17, 15) is 14.7 Å². The Morgan fingerprint density at radius 3 is 2.00 bits per heavy atom. The lowest BCUT2D eigenvalue weighted by Crippen LogP contribution is -2.51. The SMILES string of the molecule is C[C@@H](O)[C@H](NC(=O)CC12CC3CC(CC(C3)C1)C2)C(=O)O. The Labute approximate surface area is 125 Å². The standard InChI is InChI=1S/C16H25NO4/c1-9(18)14(15(20)21)17-13(19)8-16-5-10-2-11(6-16)4-12(3-10)7-16/h9-12,14,18H,2-8H2,1H3,(H,17,19)(H,20,21)/t9-,10?,11?,12?,14+,16?/m1/s1. The molecule has 21 heavy (non-hydrogen) atoms. The van der Waals surface area contributed by atoms with Crippen LogP contribution in [-0.2, 0) is 9.59 Å². The van der Waals surface area contributed by atoms with Crippen LogP contribution < -0.4 is 5.32 Å². The van der Waals surface area contributed by atoms with Crippen molar-refractivity contribution in [2.75, 3.05) is 0 Å². The predicted octanol–water partition coefficient (Wildman–Crippen LogP) is 1.54. The van der Waals surface area contributed by atoms with Crippen LogP contribution in [0.4, 0.5) is 0 Å². The minimum atomic E-state index is -1.20. The number of carbonyl (C=O) groups is 2. The van der Waals surface area contributed by atoms with Crippen molar-refractivity contribution in [3.63, 3.8) is 0 Å². The number of nitrogens with one attached hydrogen (secondary N) is 1. The molecule has 4 saturated carbocycles. The van der Waals surface area contributed by atoms with E-state index in [4.69, 9.17) is 5.11 Å². The molecular formula is C16H25NO4. The second kappa shape index (κ2) is 5.27. The molecule has 2 atom stereocenters. The Morgan fingerprint density at radius 1 is 1.14 bits per heavy atom. The number of aliphatic hydroxyl groups excluding tert-OH is 1. The molecule has 4 fully saturated rings. The molecule has 0 saturated heterocycles.